The van der Waals surface area contributed by atoms with Crippen molar-refractivity contribution in [3.63, 3.8) is 0 Å². The molecular weight excluding hydrogens is 330 g/mol. The number of hydrogen-bond donors (Lipinski definition) is 4. The monoisotopic (exact) mass is 347 g/mol. The first-order valence-electron chi connectivity index (χ1n) is 7.94. The van der Waals surface area contributed by atoms with E-state index in [0.717, 1.165) is 11.4 Å². The number of benzene rings is 3. The zero-order chi connectivity index (χ0) is 18.4. The second-order valence-electron chi connectivity index (χ2n) is 5.49. The van der Waals surface area contributed by atoms with E-state index in [1.807, 2.05) is 30.3 Å². The fraction of sp³-hybridized carbons (Fsp3) is 0. The van der Waals surface area contributed by atoms with Crippen molar-refractivity contribution in [3.05, 3.63) is 78.9 Å². The molecule has 0 spiro atoms. The van der Waals surface area contributed by atoms with Crippen molar-refractivity contribution in [2.75, 3.05) is 16.0 Å². The molecule has 3 rings (SSSR count). The Hall–Kier alpha value is -3.80. The summed E-state index contributed by atoms with van der Waals surface area (Å²) in [4.78, 5) is 23.9. The number of anilines is 4. The van der Waals surface area contributed by atoms with Crippen LogP contribution in [0.1, 0.15) is 0 Å². The van der Waals surface area contributed by atoms with Crippen molar-refractivity contribution in [1.82, 2.24) is 0 Å². The van der Waals surface area contributed by atoms with Crippen LogP contribution in [0.2, 0.25) is 0 Å². The summed E-state index contributed by atoms with van der Waals surface area (Å²) < 4.78 is 0. The lowest BCUT2D eigenvalue weighted by Crippen LogP contribution is -2.29. The first kappa shape index (κ1) is 17.0. The van der Waals surface area contributed by atoms with E-state index in [9.17, 15) is 14.7 Å². The molecule has 3 aromatic carbocycles. The Bertz CT molecular complexity index is 909. The van der Waals surface area contributed by atoms with Crippen LogP contribution in [0.25, 0.3) is 0 Å². The molecule has 0 aromatic heterocycles. The molecule has 130 valence electrons. The van der Waals surface area contributed by atoms with Crippen molar-refractivity contribution in [3.8, 4) is 5.75 Å². The van der Waals surface area contributed by atoms with E-state index >= 15 is 0 Å². The number of rotatable bonds is 4. The second kappa shape index (κ2) is 7.85. The molecule has 0 aliphatic rings. The van der Waals surface area contributed by atoms with Gasteiger partial charge in [0.1, 0.15) is 5.75 Å². The first-order valence-corrected chi connectivity index (χ1v) is 7.94. The molecular formula is C20H17N3O3. The number of nitrogens with one attached hydrogen (secondary N) is 3. The van der Waals surface area contributed by atoms with Crippen molar-refractivity contribution in [2.45, 2.75) is 0 Å². The third kappa shape index (κ3) is 4.39. The molecule has 0 saturated carbocycles. The SMILES string of the molecule is O=C(Nc1ccc(Nc2ccccc2)cc1)C(=O)Nc1ccccc1O. The van der Waals surface area contributed by atoms with Crippen molar-refractivity contribution in [1.29, 1.82) is 0 Å². The fourth-order valence-corrected chi connectivity index (χ4v) is 2.27. The molecule has 0 heterocycles. The maximum Gasteiger partial charge on any atom is 0.314 e. The third-order valence-electron chi connectivity index (χ3n) is 3.56. The number of carbonyl (C=O) groups excluding carboxylic acids is 2. The predicted molar refractivity (Wildman–Crippen MR) is 102 cm³/mol. The van der Waals surface area contributed by atoms with Crippen LogP contribution < -0.4 is 16.0 Å². The quantitative estimate of drug-likeness (QED) is 0.428. The lowest BCUT2D eigenvalue weighted by Gasteiger charge is -2.09. The van der Waals surface area contributed by atoms with Gasteiger partial charge in [0.25, 0.3) is 0 Å². The lowest BCUT2D eigenvalue weighted by atomic mass is 10.2. The normalized spacial score (nSPS) is 10.0. The Morgan fingerprint density at radius 3 is 1.85 bits per heavy atom. The number of phenolic OH excluding ortho intramolecular Hbond substituents is 1. The van der Waals surface area contributed by atoms with E-state index in [0.29, 0.717) is 5.69 Å². The summed E-state index contributed by atoms with van der Waals surface area (Å²) >= 11 is 0. The Balaban J connectivity index is 1.59. The number of amides is 2. The van der Waals surface area contributed by atoms with Gasteiger partial charge in [0.15, 0.2) is 0 Å². The van der Waals surface area contributed by atoms with Gasteiger partial charge in [-0.15, -0.1) is 0 Å². The largest absolute Gasteiger partial charge is 0.506 e. The van der Waals surface area contributed by atoms with E-state index < -0.39 is 11.8 Å². The Kier molecular flexibility index (Phi) is 5.14. The van der Waals surface area contributed by atoms with Gasteiger partial charge in [-0.25, -0.2) is 0 Å². The van der Waals surface area contributed by atoms with Crippen LogP contribution in [-0.4, -0.2) is 16.9 Å². The molecule has 0 aliphatic heterocycles. The van der Waals surface area contributed by atoms with Crippen LogP contribution in [-0.2, 0) is 9.59 Å². The second-order valence-corrected chi connectivity index (χ2v) is 5.49. The molecule has 6 heteroatoms. The van der Waals surface area contributed by atoms with Gasteiger partial charge < -0.3 is 21.1 Å². The highest BCUT2D eigenvalue weighted by Crippen LogP contribution is 2.22. The van der Waals surface area contributed by atoms with E-state index in [4.69, 9.17) is 0 Å². The summed E-state index contributed by atoms with van der Waals surface area (Å²) in [5.74, 6) is -1.79. The predicted octanol–water partition coefficient (Wildman–Crippen LogP) is 3.71. The van der Waals surface area contributed by atoms with Crippen LogP contribution in [0.5, 0.6) is 5.75 Å². The highest BCUT2D eigenvalue weighted by Gasteiger charge is 2.15. The van der Waals surface area contributed by atoms with Crippen LogP contribution in [0.15, 0.2) is 78.9 Å². The zero-order valence-electron chi connectivity index (χ0n) is 13.8. The molecule has 0 fully saturated rings. The Morgan fingerprint density at radius 1 is 0.615 bits per heavy atom. The number of para-hydroxylation sites is 3. The Morgan fingerprint density at radius 2 is 1.15 bits per heavy atom. The summed E-state index contributed by atoms with van der Waals surface area (Å²) in [7, 11) is 0. The Labute approximate surface area is 150 Å². The van der Waals surface area contributed by atoms with Crippen molar-refractivity contribution >= 4 is 34.6 Å². The highest BCUT2D eigenvalue weighted by molar-refractivity contribution is 6.43. The average Bonchev–Trinajstić information content (AvgIpc) is 2.66. The van der Waals surface area contributed by atoms with Crippen LogP contribution >= 0.6 is 0 Å². The lowest BCUT2D eigenvalue weighted by molar-refractivity contribution is -0.133. The van der Waals surface area contributed by atoms with E-state index in [2.05, 4.69) is 16.0 Å². The van der Waals surface area contributed by atoms with Gasteiger partial charge in [-0.2, -0.15) is 0 Å². The topological polar surface area (TPSA) is 90.5 Å². The van der Waals surface area contributed by atoms with E-state index in [1.165, 1.54) is 12.1 Å². The van der Waals surface area contributed by atoms with Gasteiger partial charge in [0, 0.05) is 17.1 Å². The van der Waals surface area contributed by atoms with Gasteiger partial charge in [-0.3, -0.25) is 9.59 Å². The third-order valence-corrected chi connectivity index (χ3v) is 3.56. The van der Waals surface area contributed by atoms with Gasteiger partial charge >= 0.3 is 11.8 Å². The van der Waals surface area contributed by atoms with Gasteiger partial charge in [-0.05, 0) is 48.5 Å². The molecule has 0 saturated heterocycles. The summed E-state index contributed by atoms with van der Waals surface area (Å²) in [6.45, 7) is 0. The van der Waals surface area contributed by atoms with E-state index in [-0.39, 0.29) is 11.4 Å². The fourth-order valence-electron chi connectivity index (χ4n) is 2.27. The highest BCUT2D eigenvalue weighted by atomic mass is 16.3. The molecule has 0 bridgehead atoms. The van der Waals surface area contributed by atoms with Crippen LogP contribution in [0.4, 0.5) is 22.7 Å². The summed E-state index contributed by atoms with van der Waals surface area (Å²) in [6, 6.07) is 22.8. The number of phenols is 1. The molecule has 4 N–H and O–H groups in total. The molecule has 0 unspecified atom stereocenters. The summed E-state index contributed by atoms with van der Waals surface area (Å²) in [6.07, 6.45) is 0. The minimum absolute atomic E-state index is 0.106. The van der Waals surface area contributed by atoms with Crippen molar-refractivity contribution in [2.24, 2.45) is 0 Å². The average molecular weight is 347 g/mol. The smallest absolute Gasteiger partial charge is 0.314 e. The molecule has 0 aliphatic carbocycles. The maximum absolute atomic E-state index is 12.0. The molecule has 2 amide bonds. The van der Waals surface area contributed by atoms with Gasteiger partial charge in [0.2, 0.25) is 0 Å². The number of hydrogen-bond acceptors (Lipinski definition) is 4. The summed E-state index contributed by atoms with van der Waals surface area (Å²) in [5, 5.41) is 17.7. The van der Waals surface area contributed by atoms with E-state index in [1.54, 1.807) is 36.4 Å². The standard InChI is InChI=1S/C20H17N3O3/c24-18-9-5-4-8-17(18)23-20(26)19(25)22-16-12-10-15(11-13-16)21-14-6-2-1-3-7-14/h1-13,21,24H,(H,22,25)(H,23,26). The molecule has 26 heavy (non-hydrogen) atoms. The molecule has 6 nitrogen and oxygen atoms in total. The van der Waals surface area contributed by atoms with Crippen LogP contribution in [0, 0.1) is 0 Å². The summed E-state index contributed by atoms with van der Waals surface area (Å²) in [5.41, 5.74) is 2.47. The number of aromatic hydroxyl groups is 1. The minimum Gasteiger partial charge on any atom is -0.506 e. The minimum atomic E-state index is -0.863. The number of carbonyl (C=O) groups is 2. The van der Waals surface area contributed by atoms with Crippen molar-refractivity contribution < 1.29 is 14.7 Å². The van der Waals surface area contributed by atoms with Gasteiger partial charge in [-0.1, -0.05) is 30.3 Å². The zero-order valence-corrected chi connectivity index (χ0v) is 13.8. The van der Waals surface area contributed by atoms with Crippen LogP contribution in [0.3, 0.4) is 0 Å². The first-order chi connectivity index (χ1) is 12.6. The maximum atomic E-state index is 12.0. The molecule has 0 atom stereocenters. The van der Waals surface area contributed by atoms with Gasteiger partial charge in [0.05, 0.1) is 5.69 Å². The molecule has 0 radical (unpaired) electrons. The molecule has 3 aromatic rings.